The smallest absolute Gasteiger partial charge is 0.148 e. The van der Waals surface area contributed by atoms with Gasteiger partial charge in [0.15, 0.2) is 0 Å². The summed E-state index contributed by atoms with van der Waals surface area (Å²) in [6.07, 6.45) is 0.808. The van der Waals surface area contributed by atoms with Crippen LogP contribution in [0, 0.1) is 13.8 Å². The summed E-state index contributed by atoms with van der Waals surface area (Å²) in [7, 11) is 0. The predicted octanol–water partition coefficient (Wildman–Crippen LogP) is 2.32. The second-order valence-corrected chi connectivity index (χ2v) is 4.87. The van der Waals surface area contributed by atoms with Gasteiger partial charge in [-0.1, -0.05) is 29.5 Å². The van der Waals surface area contributed by atoms with Crippen molar-refractivity contribution in [1.29, 1.82) is 0 Å². The maximum atomic E-state index is 5.51. The number of hydrogen-bond acceptors (Lipinski definition) is 4. The fourth-order valence-electron chi connectivity index (χ4n) is 1.73. The van der Waals surface area contributed by atoms with Crippen LogP contribution >= 0.6 is 11.3 Å². The molecule has 1 heterocycles. The summed E-state index contributed by atoms with van der Waals surface area (Å²) < 4.78 is 0. The van der Waals surface area contributed by atoms with Crippen LogP contribution in [0.5, 0.6) is 0 Å². The Balaban J connectivity index is 2.42. The molecule has 2 N–H and O–H groups in total. The molecule has 1 aromatic heterocycles. The highest BCUT2D eigenvalue weighted by Gasteiger charge is 2.10. The van der Waals surface area contributed by atoms with Crippen molar-refractivity contribution in [1.82, 2.24) is 10.2 Å². The molecule has 0 aliphatic rings. The lowest BCUT2D eigenvalue weighted by Gasteiger charge is -2.04. The van der Waals surface area contributed by atoms with Gasteiger partial charge >= 0.3 is 0 Å². The fraction of sp³-hybridized carbons (Fsp3) is 0.333. The van der Waals surface area contributed by atoms with E-state index in [2.05, 4.69) is 42.2 Å². The molecule has 2 rings (SSSR count). The summed E-state index contributed by atoms with van der Waals surface area (Å²) in [6, 6.07) is 6.27. The Morgan fingerprint density at radius 2 is 1.88 bits per heavy atom. The number of nitrogens with zero attached hydrogens (tertiary/aromatic N) is 2. The van der Waals surface area contributed by atoms with Crippen LogP contribution in [-0.2, 0) is 6.42 Å². The first-order valence-electron chi connectivity index (χ1n) is 5.31. The van der Waals surface area contributed by atoms with Gasteiger partial charge in [0.05, 0.1) is 0 Å². The van der Waals surface area contributed by atoms with E-state index < -0.39 is 0 Å². The van der Waals surface area contributed by atoms with E-state index in [4.69, 9.17) is 5.73 Å². The molecule has 0 aliphatic carbocycles. The highest BCUT2D eigenvalue weighted by atomic mass is 32.1. The zero-order valence-corrected chi connectivity index (χ0v) is 10.3. The molecule has 0 amide bonds. The minimum absolute atomic E-state index is 0.626. The molecular weight excluding hydrogens is 218 g/mol. The topological polar surface area (TPSA) is 51.8 Å². The van der Waals surface area contributed by atoms with Gasteiger partial charge in [-0.05, 0) is 31.5 Å². The van der Waals surface area contributed by atoms with Gasteiger partial charge in [0.2, 0.25) is 0 Å². The molecule has 4 heteroatoms. The molecule has 84 valence electrons. The third kappa shape index (κ3) is 2.13. The first-order chi connectivity index (χ1) is 7.72. The van der Waals surface area contributed by atoms with Crippen molar-refractivity contribution in [2.45, 2.75) is 20.3 Å². The minimum Gasteiger partial charge on any atom is -0.330 e. The van der Waals surface area contributed by atoms with Crippen LogP contribution in [-0.4, -0.2) is 16.7 Å². The lowest BCUT2D eigenvalue weighted by atomic mass is 10.0. The summed E-state index contributed by atoms with van der Waals surface area (Å²) in [5.41, 5.74) is 9.21. The van der Waals surface area contributed by atoms with E-state index in [-0.39, 0.29) is 0 Å². The van der Waals surface area contributed by atoms with Gasteiger partial charge in [-0.2, -0.15) is 0 Å². The van der Waals surface area contributed by atoms with Gasteiger partial charge in [-0.15, -0.1) is 10.2 Å². The van der Waals surface area contributed by atoms with Gasteiger partial charge in [0.25, 0.3) is 0 Å². The third-order valence-corrected chi connectivity index (χ3v) is 3.52. The van der Waals surface area contributed by atoms with Crippen molar-refractivity contribution < 1.29 is 0 Å². The predicted molar refractivity (Wildman–Crippen MR) is 67.6 cm³/mol. The van der Waals surface area contributed by atoms with Crippen molar-refractivity contribution in [2.24, 2.45) is 5.73 Å². The Labute approximate surface area is 99.3 Å². The molecule has 0 fully saturated rings. The van der Waals surface area contributed by atoms with Crippen LogP contribution in [0.2, 0.25) is 0 Å². The van der Waals surface area contributed by atoms with Crippen molar-refractivity contribution in [3.63, 3.8) is 0 Å². The van der Waals surface area contributed by atoms with E-state index in [0.29, 0.717) is 6.54 Å². The minimum atomic E-state index is 0.626. The zero-order chi connectivity index (χ0) is 11.5. The van der Waals surface area contributed by atoms with Crippen LogP contribution < -0.4 is 5.73 Å². The van der Waals surface area contributed by atoms with Crippen LogP contribution in [0.4, 0.5) is 0 Å². The molecule has 0 radical (unpaired) electrons. The van der Waals surface area contributed by atoms with E-state index in [1.165, 1.54) is 16.7 Å². The Bertz CT molecular complexity index is 471. The van der Waals surface area contributed by atoms with Gasteiger partial charge in [-0.3, -0.25) is 0 Å². The highest BCUT2D eigenvalue weighted by Crippen LogP contribution is 2.29. The molecular formula is C12H15N3S. The van der Waals surface area contributed by atoms with Crippen LogP contribution in [0.3, 0.4) is 0 Å². The van der Waals surface area contributed by atoms with E-state index >= 15 is 0 Å². The zero-order valence-electron chi connectivity index (χ0n) is 9.53. The molecule has 0 unspecified atom stereocenters. The summed E-state index contributed by atoms with van der Waals surface area (Å²) in [4.78, 5) is 0. The molecule has 0 saturated heterocycles. The van der Waals surface area contributed by atoms with Gasteiger partial charge in [0, 0.05) is 12.0 Å². The lowest BCUT2D eigenvalue weighted by Crippen LogP contribution is -2.01. The number of hydrogen-bond donors (Lipinski definition) is 1. The molecule has 1 aromatic carbocycles. The molecule has 0 saturated carbocycles. The quantitative estimate of drug-likeness (QED) is 0.885. The highest BCUT2D eigenvalue weighted by molar-refractivity contribution is 7.14. The van der Waals surface area contributed by atoms with Crippen LogP contribution in [0.1, 0.15) is 16.1 Å². The Morgan fingerprint density at radius 1 is 1.19 bits per heavy atom. The molecule has 0 aliphatic heterocycles. The average molecular weight is 233 g/mol. The van der Waals surface area contributed by atoms with Gasteiger partial charge in [-0.25, -0.2) is 0 Å². The van der Waals surface area contributed by atoms with Crippen LogP contribution in [0.15, 0.2) is 18.2 Å². The largest absolute Gasteiger partial charge is 0.330 e. The second kappa shape index (κ2) is 4.72. The lowest BCUT2D eigenvalue weighted by molar-refractivity contribution is 0.913. The van der Waals surface area contributed by atoms with E-state index in [1.807, 2.05) is 0 Å². The number of aryl methyl sites for hydroxylation is 2. The molecule has 16 heavy (non-hydrogen) atoms. The van der Waals surface area contributed by atoms with Crippen molar-refractivity contribution in [2.75, 3.05) is 6.54 Å². The van der Waals surface area contributed by atoms with E-state index in [0.717, 1.165) is 16.4 Å². The monoisotopic (exact) mass is 233 g/mol. The third-order valence-electron chi connectivity index (χ3n) is 2.52. The Morgan fingerprint density at radius 3 is 2.50 bits per heavy atom. The Hall–Kier alpha value is -1.26. The molecule has 0 spiro atoms. The van der Waals surface area contributed by atoms with E-state index in [1.54, 1.807) is 11.3 Å². The summed E-state index contributed by atoms with van der Waals surface area (Å²) >= 11 is 1.64. The number of aromatic nitrogens is 2. The first kappa shape index (κ1) is 11.2. The van der Waals surface area contributed by atoms with Crippen molar-refractivity contribution in [3.05, 3.63) is 34.3 Å². The standard InChI is InChI=1S/C12H15N3S/c1-8-4-3-5-9(2)11(8)12-15-14-10(16-12)6-7-13/h3-5H,6-7,13H2,1-2H3. The number of rotatable bonds is 3. The van der Waals surface area contributed by atoms with E-state index in [9.17, 15) is 0 Å². The maximum Gasteiger partial charge on any atom is 0.148 e. The normalized spacial score (nSPS) is 10.7. The summed E-state index contributed by atoms with van der Waals surface area (Å²) in [5, 5.41) is 10.4. The SMILES string of the molecule is Cc1cccc(C)c1-c1nnc(CCN)s1. The maximum absolute atomic E-state index is 5.51. The summed E-state index contributed by atoms with van der Waals surface area (Å²) in [6.45, 7) is 4.83. The van der Waals surface area contributed by atoms with Crippen molar-refractivity contribution >= 4 is 11.3 Å². The van der Waals surface area contributed by atoms with Gasteiger partial charge < -0.3 is 5.73 Å². The molecule has 2 aromatic rings. The second-order valence-electron chi connectivity index (χ2n) is 3.81. The molecule has 3 nitrogen and oxygen atoms in total. The average Bonchev–Trinajstić information content (AvgIpc) is 2.67. The number of nitrogens with two attached hydrogens (primary N) is 1. The molecule has 0 atom stereocenters. The Kier molecular flexibility index (Phi) is 3.31. The summed E-state index contributed by atoms with van der Waals surface area (Å²) in [5.74, 6) is 0. The van der Waals surface area contributed by atoms with Crippen molar-refractivity contribution in [3.8, 4) is 10.6 Å². The number of benzene rings is 1. The van der Waals surface area contributed by atoms with Crippen LogP contribution in [0.25, 0.3) is 10.6 Å². The molecule has 0 bridgehead atoms. The van der Waals surface area contributed by atoms with Gasteiger partial charge in [0.1, 0.15) is 10.0 Å². The first-order valence-corrected chi connectivity index (χ1v) is 6.13. The fourth-order valence-corrected chi connectivity index (χ4v) is 2.76.